The van der Waals surface area contributed by atoms with Crippen LogP contribution < -0.4 is 15.4 Å². The molecule has 0 spiro atoms. The third-order valence-electron chi connectivity index (χ3n) is 3.48. The van der Waals surface area contributed by atoms with Crippen LogP contribution in [0.1, 0.15) is 24.3 Å². The van der Waals surface area contributed by atoms with E-state index in [-0.39, 0.29) is 0 Å². The molecule has 0 atom stereocenters. The van der Waals surface area contributed by atoms with Crippen molar-refractivity contribution in [2.45, 2.75) is 19.3 Å². The zero-order valence-corrected chi connectivity index (χ0v) is 11.5. The summed E-state index contributed by atoms with van der Waals surface area (Å²) in [6.45, 7) is 1.99. The highest BCUT2D eigenvalue weighted by Crippen LogP contribution is 2.24. The molecule has 20 heavy (non-hydrogen) atoms. The van der Waals surface area contributed by atoms with Gasteiger partial charge in [0.05, 0.1) is 19.2 Å². The maximum atomic E-state index is 5.89. The molecule has 0 saturated carbocycles. The monoisotopic (exact) mass is 274 g/mol. The zero-order chi connectivity index (χ0) is 13.9. The second-order valence-corrected chi connectivity index (χ2v) is 4.93. The fraction of sp³-hybridized carbons (Fsp3) is 0.429. The smallest absolute Gasteiger partial charge is 0.318 e. The van der Waals surface area contributed by atoms with Crippen LogP contribution in [-0.2, 0) is 6.42 Å². The molecule has 0 amide bonds. The summed E-state index contributed by atoms with van der Waals surface area (Å²) in [4.78, 5) is 2.12. The largest absolute Gasteiger partial charge is 0.495 e. The number of hydrogen-bond acceptors (Lipinski definition) is 6. The number of hydrogen-bond donors (Lipinski definition) is 1. The SMILES string of the molecule is COc1ccc(Cc2nnc(N3CCCC3)o2)cc1N. The van der Waals surface area contributed by atoms with Crippen molar-refractivity contribution in [3.8, 4) is 5.75 Å². The van der Waals surface area contributed by atoms with Gasteiger partial charge in [0.25, 0.3) is 0 Å². The van der Waals surface area contributed by atoms with Crippen molar-refractivity contribution in [2.24, 2.45) is 0 Å². The van der Waals surface area contributed by atoms with Crippen molar-refractivity contribution >= 4 is 11.7 Å². The maximum Gasteiger partial charge on any atom is 0.318 e. The van der Waals surface area contributed by atoms with Crippen LogP contribution in [0.4, 0.5) is 11.7 Å². The summed E-state index contributed by atoms with van der Waals surface area (Å²) in [5, 5.41) is 8.20. The minimum absolute atomic E-state index is 0.578. The molecule has 1 fully saturated rings. The average Bonchev–Trinajstić information content (AvgIpc) is 3.09. The van der Waals surface area contributed by atoms with Crippen LogP contribution in [-0.4, -0.2) is 30.4 Å². The van der Waals surface area contributed by atoms with Gasteiger partial charge in [-0.15, -0.1) is 5.10 Å². The predicted molar refractivity (Wildman–Crippen MR) is 76.0 cm³/mol. The molecule has 1 aliphatic rings. The molecule has 6 heteroatoms. The number of methoxy groups -OCH3 is 1. The van der Waals surface area contributed by atoms with Gasteiger partial charge in [-0.2, -0.15) is 0 Å². The zero-order valence-electron chi connectivity index (χ0n) is 11.5. The van der Waals surface area contributed by atoms with Gasteiger partial charge in [-0.3, -0.25) is 0 Å². The van der Waals surface area contributed by atoms with E-state index < -0.39 is 0 Å². The highest BCUT2D eigenvalue weighted by atomic mass is 16.5. The first-order valence-electron chi connectivity index (χ1n) is 6.76. The molecule has 1 saturated heterocycles. The number of benzene rings is 1. The van der Waals surface area contributed by atoms with E-state index in [1.165, 1.54) is 12.8 Å². The first-order valence-corrected chi connectivity index (χ1v) is 6.76. The van der Waals surface area contributed by atoms with Gasteiger partial charge in [0.2, 0.25) is 5.89 Å². The second kappa shape index (κ2) is 5.40. The van der Waals surface area contributed by atoms with E-state index in [0.29, 0.717) is 29.8 Å². The molecule has 1 aliphatic heterocycles. The molecular weight excluding hydrogens is 256 g/mol. The highest BCUT2D eigenvalue weighted by Gasteiger charge is 2.18. The Morgan fingerprint density at radius 3 is 2.80 bits per heavy atom. The van der Waals surface area contributed by atoms with Gasteiger partial charge >= 0.3 is 6.01 Å². The van der Waals surface area contributed by atoms with Crippen LogP contribution >= 0.6 is 0 Å². The molecule has 0 radical (unpaired) electrons. The minimum atomic E-state index is 0.578. The number of nitrogens with two attached hydrogens (primary N) is 1. The van der Waals surface area contributed by atoms with E-state index in [1.54, 1.807) is 7.11 Å². The van der Waals surface area contributed by atoms with E-state index in [4.69, 9.17) is 14.9 Å². The molecule has 0 aliphatic carbocycles. The second-order valence-electron chi connectivity index (χ2n) is 4.93. The molecule has 2 N–H and O–H groups in total. The summed E-state index contributed by atoms with van der Waals surface area (Å²) in [6, 6.07) is 6.30. The van der Waals surface area contributed by atoms with Gasteiger partial charge in [0, 0.05) is 13.1 Å². The third kappa shape index (κ3) is 2.54. The lowest BCUT2D eigenvalue weighted by Crippen LogP contribution is -2.17. The Morgan fingerprint density at radius 1 is 1.30 bits per heavy atom. The van der Waals surface area contributed by atoms with Crippen molar-refractivity contribution in [3.63, 3.8) is 0 Å². The first-order chi connectivity index (χ1) is 9.76. The molecule has 2 heterocycles. The summed E-state index contributed by atoms with van der Waals surface area (Å²) < 4.78 is 10.8. The van der Waals surface area contributed by atoms with Gasteiger partial charge in [-0.25, -0.2) is 0 Å². The lowest BCUT2D eigenvalue weighted by molar-refractivity contribution is 0.417. The Hall–Kier alpha value is -2.24. The number of anilines is 2. The van der Waals surface area contributed by atoms with Gasteiger partial charge in [-0.1, -0.05) is 11.2 Å². The lowest BCUT2D eigenvalue weighted by Gasteiger charge is -2.09. The lowest BCUT2D eigenvalue weighted by atomic mass is 10.1. The van der Waals surface area contributed by atoms with E-state index in [0.717, 1.165) is 18.7 Å². The Labute approximate surface area is 117 Å². The fourth-order valence-corrected chi connectivity index (χ4v) is 2.42. The van der Waals surface area contributed by atoms with Crippen molar-refractivity contribution in [1.82, 2.24) is 10.2 Å². The maximum absolute atomic E-state index is 5.89. The molecule has 6 nitrogen and oxygen atoms in total. The molecule has 1 aromatic carbocycles. The standard InChI is InChI=1S/C14H18N4O2/c1-19-12-5-4-10(8-11(12)15)9-13-16-17-14(20-13)18-6-2-3-7-18/h4-5,8H,2-3,6-7,9,15H2,1H3. The number of nitrogens with zero attached hydrogens (tertiary/aromatic N) is 3. The Kier molecular flexibility index (Phi) is 3.45. The molecule has 2 aromatic rings. The Bertz CT molecular complexity index is 591. The van der Waals surface area contributed by atoms with Crippen molar-refractivity contribution < 1.29 is 9.15 Å². The van der Waals surface area contributed by atoms with E-state index in [2.05, 4.69) is 15.1 Å². The number of nitrogen functional groups attached to an aromatic ring is 1. The third-order valence-corrected chi connectivity index (χ3v) is 3.48. The number of aromatic nitrogens is 2. The summed E-state index contributed by atoms with van der Waals surface area (Å²) in [5.41, 5.74) is 7.53. The van der Waals surface area contributed by atoms with E-state index >= 15 is 0 Å². The predicted octanol–water partition coefficient (Wildman–Crippen LogP) is 1.85. The van der Waals surface area contributed by atoms with Crippen molar-refractivity contribution in [2.75, 3.05) is 30.8 Å². The number of ether oxygens (including phenoxy) is 1. The van der Waals surface area contributed by atoms with Gasteiger partial charge in [0.1, 0.15) is 5.75 Å². The van der Waals surface area contributed by atoms with Gasteiger partial charge in [-0.05, 0) is 30.5 Å². The van der Waals surface area contributed by atoms with E-state index in [1.807, 2.05) is 18.2 Å². The molecule has 1 aromatic heterocycles. The average molecular weight is 274 g/mol. The molecular formula is C14H18N4O2. The summed E-state index contributed by atoms with van der Waals surface area (Å²) in [5.74, 6) is 1.29. The first kappa shape index (κ1) is 12.8. The number of rotatable bonds is 4. The van der Waals surface area contributed by atoms with Crippen LogP contribution in [0.3, 0.4) is 0 Å². The van der Waals surface area contributed by atoms with Gasteiger partial charge < -0.3 is 19.8 Å². The van der Waals surface area contributed by atoms with E-state index in [9.17, 15) is 0 Å². The van der Waals surface area contributed by atoms with Crippen LogP contribution in [0.5, 0.6) is 5.75 Å². The van der Waals surface area contributed by atoms with Gasteiger partial charge in [0.15, 0.2) is 0 Å². The summed E-state index contributed by atoms with van der Waals surface area (Å²) >= 11 is 0. The van der Waals surface area contributed by atoms with Crippen molar-refractivity contribution in [1.29, 1.82) is 0 Å². The Balaban J connectivity index is 1.72. The summed E-state index contributed by atoms with van der Waals surface area (Å²) in [6.07, 6.45) is 2.95. The highest BCUT2D eigenvalue weighted by molar-refractivity contribution is 5.54. The molecule has 106 valence electrons. The normalized spacial score (nSPS) is 14.8. The van der Waals surface area contributed by atoms with Crippen LogP contribution in [0.25, 0.3) is 0 Å². The molecule has 0 bridgehead atoms. The van der Waals surface area contributed by atoms with Crippen LogP contribution in [0, 0.1) is 0 Å². The topological polar surface area (TPSA) is 77.4 Å². The fourth-order valence-electron chi connectivity index (χ4n) is 2.42. The van der Waals surface area contributed by atoms with Crippen LogP contribution in [0.15, 0.2) is 22.6 Å². The van der Waals surface area contributed by atoms with Crippen LogP contribution in [0.2, 0.25) is 0 Å². The molecule has 0 unspecified atom stereocenters. The quantitative estimate of drug-likeness (QED) is 0.857. The molecule has 3 rings (SSSR count). The minimum Gasteiger partial charge on any atom is -0.495 e. The Morgan fingerprint density at radius 2 is 2.10 bits per heavy atom. The summed E-state index contributed by atoms with van der Waals surface area (Å²) in [7, 11) is 1.60. The van der Waals surface area contributed by atoms with Crippen molar-refractivity contribution in [3.05, 3.63) is 29.7 Å².